The number of benzene rings is 1. The van der Waals surface area contributed by atoms with E-state index in [-0.39, 0.29) is 0 Å². The average molecular weight is 341 g/mol. The third kappa shape index (κ3) is 6.51. The maximum absolute atomic E-state index is 6.00. The lowest BCUT2D eigenvalue weighted by Gasteiger charge is -2.12. The first kappa shape index (κ1) is 17.9. The summed E-state index contributed by atoms with van der Waals surface area (Å²) in [6, 6.07) is 3.71. The molecule has 0 saturated carbocycles. The van der Waals surface area contributed by atoms with Crippen molar-refractivity contribution in [2.75, 3.05) is 26.4 Å². The SMILES string of the molecule is CCC(C)NCCOCCOc1c(Cl)cc(Cl)cc1Cl. The second-order valence-electron chi connectivity index (χ2n) is 4.42. The van der Waals surface area contributed by atoms with Gasteiger partial charge >= 0.3 is 0 Å². The molecule has 0 aromatic heterocycles. The Balaban J connectivity index is 2.19. The van der Waals surface area contributed by atoms with Gasteiger partial charge in [-0.3, -0.25) is 0 Å². The van der Waals surface area contributed by atoms with Crippen LogP contribution >= 0.6 is 34.8 Å². The number of hydrogen-bond acceptors (Lipinski definition) is 3. The molecule has 0 fully saturated rings. The van der Waals surface area contributed by atoms with Crippen molar-refractivity contribution in [1.82, 2.24) is 5.32 Å². The highest BCUT2D eigenvalue weighted by Gasteiger charge is 2.08. The Morgan fingerprint density at radius 2 is 1.75 bits per heavy atom. The second-order valence-corrected chi connectivity index (χ2v) is 5.67. The van der Waals surface area contributed by atoms with Crippen molar-refractivity contribution in [3.05, 3.63) is 27.2 Å². The molecule has 0 amide bonds. The van der Waals surface area contributed by atoms with Gasteiger partial charge in [0.2, 0.25) is 0 Å². The zero-order chi connectivity index (χ0) is 15.0. The van der Waals surface area contributed by atoms with Crippen molar-refractivity contribution in [2.45, 2.75) is 26.3 Å². The number of hydrogen-bond donors (Lipinski definition) is 1. The van der Waals surface area contributed by atoms with Crippen LogP contribution in [0.15, 0.2) is 12.1 Å². The van der Waals surface area contributed by atoms with Crippen LogP contribution in [0.25, 0.3) is 0 Å². The standard InChI is InChI=1S/C14H20Cl3NO2/c1-3-10(2)18-4-5-19-6-7-20-14-12(16)8-11(15)9-13(14)17/h8-10,18H,3-7H2,1-2H3. The summed E-state index contributed by atoms with van der Waals surface area (Å²) in [4.78, 5) is 0. The highest BCUT2D eigenvalue weighted by Crippen LogP contribution is 2.35. The van der Waals surface area contributed by atoms with E-state index < -0.39 is 0 Å². The Kier molecular flexibility index (Phi) is 8.66. The minimum Gasteiger partial charge on any atom is -0.488 e. The minimum atomic E-state index is 0.393. The maximum atomic E-state index is 6.00. The van der Waals surface area contributed by atoms with E-state index in [1.807, 2.05) is 0 Å². The Hall–Kier alpha value is -0.190. The summed E-state index contributed by atoms with van der Waals surface area (Å²) < 4.78 is 11.0. The van der Waals surface area contributed by atoms with Crippen LogP contribution in [0.3, 0.4) is 0 Å². The largest absolute Gasteiger partial charge is 0.488 e. The Morgan fingerprint density at radius 1 is 1.10 bits per heavy atom. The molecular formula is C14H20Cl3NO2. The van der Waals surface area contributed by atoms with Gasteiger partial charge in [-0.15, -0.1) is 0 Å². The Labute approximate surface area is 135 Å². The van der Waals surface area contributed by atoms with Crippen LogP contribution < -0.4 is 10.1 Å². The fourth-order valence-corrected chi connectivity index (χ4v) is 2.42. The van der Waals surface area contributed by atoms with Gasteiger partial charge in [-0.05, 0) is 25.5 Å². The first-order valence-electron chi connectivity index (χ1n) is 6.63. The number of rotatable bonds is 9. The monoisotopic (exact) mass is 339 g/mol. The molecule has 1 unspecified atom stereocenters. The highest BCUT2D eigenvalue weighted by molar-refractivity contribution is 6.40. The van der Waals surface area contributed by atoms with Gasteiger partial charge < -0.3 is 14.8 Å². The summed E-state index contributed by atoms with van der Waals surface area (Å²) >= 11 is 17.8. The van der Waals surface area contributed by atoms with Crippen molar-refractivity contribution in [3.63, 3.8) is 0 Å². The average Bonchev–Trinajstić information content (AvgIpc) is 2.39. The minimum absolute atomic E-state index is 0.393. The van der Waals surface area contributed by atoms with Gasteiger partial charge in [0, 0.05) is 17.6 Å². The van der Waals surface area contributed by atoms with Gasteiger partial charge in [0.05, 0.1) is 23.3 Å². The lowest BCUT2D eigenvalue weighted by Crippen LogP contribution is -2.29. The van der Waals surface area contributed by atoms with Crippen LogP contribution in [0.4, 0.5) is 0 Å². The van der Waals surface area contributed by atoms with Crippen LogP contribution in [0.5, 0.6) is 5.75 Å². The number of nitrogens with one attached hydrogen (secondary N) is 1. The second kappa shape index (κ2) is 9.69. The third-order valence-electron chi connectivity index (χ3n) is 2.79. The van der Waals surface area contributed by atoms with Gasteiger partial charge in [-0.25, -0.2) is 0 Å². The molecular weight excluding hydrogens is 321 g/mol. The van der Waals surface area contributed by atoms with Gasteiger partial charge in [-0.1, -0.05) is 41.7 Å². The van der Waals surface area contributed by atoms with Crippen molar-refractivity contribution in [2.24, 2.45) is 0 Å². The predicted molar refractivity (Wildman–Crippen MR) is 85.5 cm³/mol. The summed E-state index contributed by atoms with van der Waals surface area (Å²) in [5, 5.41) is 4.64. The zero-order valence-corrected chi connectivity index (χ0v) is 14.0. The van der Waals surface area contributed by atoms with Crippen molar-refractivity contribution in [1.29, 1.82) is 0 Å². The molecule has 0 bridgehead atoms. The molecule has 1 aromatic carbocycles. The van der Waals surface area contributed by atoms with Crippen LogP contribution in [0, 0.1) is 0 Å². The van der Waals surface area contributed by atoms with Crippen LogP contribution in [-0.4, -0.2) is 32.4 Å². The lowest BCUT2D eigenvalue weighted by atomic mass is 10.3. The normalized spacial score (nSPS) is 12.4. The van der Waals surface area contributed by atoms with Crippen molar-refractivity contribution >= 4 is 34.8 Å². The molecule has 114 valence electrons. The summed E-state index contributed by atoms with van der Waals surface area (Å²) in [5.74, 6) is 0.444. The van der Waals surface area contributed by atoms with E-state index in [0.29, 0.717) is 46.7 Å². The fourth-order valence-electron chi connectivity index (χ4n) is 1.49. The molecule has 1 rings (SSSR count). The fraction of sp³-hybridized carbons (Fsp3) is 0.571. The van der Waals surface area contributed by atoms with Crippen molar-refractivity contribution in [3.8, 4) is 5.75 Å². The van der Waals surface area contributed by atoms with E-state index >= 15 is 0 Å². The van der Waals surface area contributed by atoms with Crippen LogP contribution in [0.1, 0.15) is 20.3 Å². The summed E-state index contributed by atoms with van der Waals surface area (Å²) in [5.41, 5.74) is 0. The maximum Gasteiger partial charge on any atom is 0.156 e. The summed E-state index contributed by atoms with van der Waals surface area (Å²) in [6.07, 6.45) is 1.11. The first-order valence-corrected chi connectivity index (χ1v) is 7.76. The Morgan fingerprint density at radius 3 is 2.35 bits per heavy atom. The summed E-state index contributed by atoms with van der Waals surface area (Å²) in [7, 11) is 0. The molecule has 0 heterocycles. The first-order chi connectivity index (χ1) is 9.54. The molecule has 1 N–H and O–H groups in total. The van der Waals surface area contributed by atoms with E-state index in [9.17, 15) is 0 Å². The van der Waals surface area contributed by atoms with E-state index in [2.05, 4.69) is 19.2 Å². The zero-order valence-electron chi connectivity index (χ0n) is 11.7. The Bertz CT molecular complexity index is 392. The number of ether oxygens (including phenoxy) is 2. The molecule has 0 aliphatic heterocycles. The predicted octanol–water partition coefficient (Wildman–Crippen LogP) is 4.43. The third-order valence-corrected chi connectivity index (χ3v) is 3.57. The highest BCUT2D eigenvalue weighted by atomic mass is 35.5. The smallest absolute Gasteiger partial charge is 0.156 e. The van der Waals surface area contributed by atoms with E-state index in [0.717, 1.165) is 13.0 Å². The van der Waals surface area contributed by atoms with Gasteiger partial charge in [-0.2, -0.15) is 0 Å². The lowest BCUT2D eigenvalue weighted by molar-refractivity contribution is 0.101. The molecule has 0 radical (unpaired) electrons. The van der Waals surface area contributed by atoms with Gasteiger partial charge in [0.25, 0.3) is 0 Å². The van der Waals surface area contributed by atoms with Crippen LogP contribution in [0.2, 0.25) is 15.1 Å². The molecule has 1 aromatic rings. The molecule has 1 atom stereocenters. The topological polar surface area (TPSA) is 30.5 Å². The molecule has 0 saturated heterocycles. The van der Waals surface area contributed by atoms with Crippen molar-refractivity contribution < 1.29 is 9.47 Å². The quantitative estimate of drug-likeness (QED) is 0.675. The molecule has 0 aliphatic carbocycles. The van der Waals surface area contributed by atoms with Crippen LogP contribution in [-0.2, 0) is 4.74 Å². The molecule has 20 heavy (non-hydrogen) atoms. The molecule has 3 nitrogen and oxygen atoms in total. The van der Waals surface area contributed by atoms with Gasteiger partial charge in [0.15, 0.2) is 5.75 Å². The van der Waals surface area contributed by atoms with E-state index in [1.54, 1.807) is 12.1 Å². The molecule has 6 heteroatoms. The summed E-state index contributed by atoms with van der Waals surface area (Å²) in [6.45, 7) is 6.65. The van der Waals surface area contributed by atoms with E-state index in [4.69, 9.17) is 44.3 Å². The molecule has 0 spiro atoms. The van der Waals surface area contributed by atoms with E-state index in [1.165, 1.54) is 0 Å². The van der Waals surface area contributed by atoms with Gasteiger partial charge in [0.1, 0.15) is 6.61 Å². The molecule has 0 aliphatic rings. The number of halogens is 3.